The predicted octanol–water partition coefficient (Wildman–Crippen LogP) is 3.14. The molecule has 0 amide bonds. The minimum Gasteiger partial charge on any atom is -0.355 e. The molecular weight excluding hydrogens is 246 g/mol. The maximum Gasteiger partial charge on any atom is 0.129 e. The SMILES string of the molecule is CCNCc1cc(C)nc(N(C)Cc2ccccc2)c1. The van der Waals surface area contributed by atoms with Gasteiger partial charge in [-0.05, 0) is 36.7 Å². The summed E-state index contributed by atoms with van der Waals surface area (Å²) in [5.41, 5.74) is 3.65. The molecule has 0 aliphatic heterocycles. The molecule has 106 valence electrons. The van der Waals surface area contributed by atoms with E-state index in [1.807, 2.05) is 6.07 Å². The molecule has 3 nitrogen and oxygen atoms in total. The third-order valence-corrected chi connectivity index (χ3v) is 3.23. The zero-order chi connectivity index (χ0) is 14.4. The van der Waals surface area contributed by atoms with Gasteiger partial charge < -0.3 is 10.2 Å². The summed E-state index contributed by atoms with van der Waals surface area (Å²) < 4.78 is 0. The summed E-state index contributed by atoms with van der Waals surface area (Å²) in [6.07, 6.45) is 0. The minimum atomic E-state index is 0.873. The highest BCUT2D eigenvalue weighted by molar-refractivity contribution is 5.42. The van der Waals surface area contributed by atoms with E-state index in [-0.39, 0.29) is 0 Å². The van der Waals surface area contributed by atoms with Crippen LogP contribution in [0.5, 0.6) is 0 Å². The summed E-state index contributed by atoms with van der Waals surface area (Å²) in [4.78, 5) is 6.83. The molecule has 1 heterocycles. The Morgan fingerprint density at radius 3 is 2.55 bits per heavy atom. The summed E-state index contributed by atoms with van der Waals surface area (Å²) in [5.74, 6) is 1.03. The lowest BCUT2D eigenvalue weighted by molar-refractivity contribution is 0.724. The number of hydrogen-bond donors (Lipinski definition) is 1. The van der Waals surface area contributed by atoms with Crippen molar-refractivity contribution in [1.29, 1.82) is 0 Å². The van der Waals surface area contributed by atoms with Gasteiger partial charge >= 0.3 is 0 Å². The number of aryl methyl sites for hydroxylation is 1. The van der Waals surface area contributed by atoms with Crippen molar-refractivity contribution in [2.45, 2.75) is 26.9 Å². The Morgan fingerprint density at radius 1 is 1.10 bits per heavy atom. The van der Waals surface area contributed by atoms with E-state index in [2.05, 4.69) is 72.5 Å². The minimum absolute atomic E-state index is 0.873. The van der Waals surface area contributed by atoms with Crippen molar-refractivity contribution >= 4 is 5.82 Å². The second kappa shape index (κ2) is 7.06. The molecule has 1 aromatic heterocycles. The molecular formula is C17H23N3. The largest absolute Gasteiger partial charge is 0.355 e. The number of nitrogens with one attached hydrogen (secondary N) is 1. The van der Waals surface area contributed by atoms with Crippen LogP contribution in [0.2, 0.25) is 0 Å². The Bertz CT molecular complexity index is 537. The summed E-state index contributed by atoms with van der Waals surface area (Å²) in [7, 11) is 2.09. The van der Waals surface area contributed by atoms with Crippen molar-refractivity contribution in [3.05, 3.63) is 59.3 Å². The fourth-order valence-electron chi connectivity index (χ4n) is 2.23. The average Bonchev–Trinajstić information content (AvgIpc) is 2.45. The maximum atomic E-state index is 4.64. The second-order valence-electron chi connectivity index (χ2n) is 5.10. The second-order valence-corrected chi connectivity index (χ2v) is 5.10. The van der Waals surface area contributed by atoms with Crippen LogP contribution < -0.4 is 10.2 Å². The first-order valence-corrected chi connectivity index (χ1v) is 7.12. The molecule has 1 N–H and O–H groups in total. The van der Waals surface area contributed by atoms with Crippen molar-refractivity contribution in [2.75, 3.05) is 18.5 Å². The van der Waals surface area contributed by atoms with Crippen molar-refractivity contribution in [1.82, 2.24) is 10.3 Å². The van der Waals surface area contributed by atoms with E-state index < -0.39 is 0 Å². The summed E-state index contributed by atoms with van der Waals surface area (Å²) >= 11 is 0. The molecule has 0 saturated heterocycles. The van der Waals surface area contributed by atoms with E-state index >= 15 is 0 Å². The summed E-state index contributed by atoms with van der Waals surface area (Å²) in [5, 5.41) is 3.36. The van der Waals surface area contributed by atoms with Crippen LogP contribution in [0.3, 0.4) is 0 Å². The Hall–Kier alpha value is -1.87. The van der Waals surface area contributed by atoms with Gasteiger partial charge in [-0.3, -0.25) is 0 Å². The molecule has 0 bridgehead atoms. The highest BCUT2D eigenvalue weighted by Crippen LogP contribution is 2.16. The zero-order valence-electron chi connectivity index (χ0n) is 12.6. The molecule has 20 heavy (non-hydrogen) atoms. The fourth-order valence-corrected chi connectivity index (χ4v) is 2.23. The Balaban J connectivity index is 2.12. The van der Waals surface area contributed by atoms with Gasteiger partial charge in [0.15, 0.2) is 0 Å². The van der Waals surface area contributed by atoms with Gasteiger partial charge in [0.05, 0.1) is 0 Å². The van der Waals surface area contributed by atoms with E-state index in [4.69, 9.17) is 0 Å². The van der Waals surface area contributed by atoms with Gasteiger partial charge in [-0.1, -0.05) is 37.3 Å². The lowest BCUT2D eigenvalue weighted by atomic mass is 10.2. The highest BCUT2D eigenvalue weighted by atomic mass is 15.2. The molecule has 0 atom stereocenters. The first-order chi connectivity index (χ1) is 9.69. The smallest absolute Gasteiger partial charge is 0.129 e. The summed E-state index contributed by atoms with van der Waals surface area (Å²) in [6.45, 7) is 6.92. The van der Waals surface area contributed by atoms with Crippen LogP contribution >= 0.6 is 0 Å². The van der Waals surface area contributed by atoms with Crippen LogP contribution in [-0.4, -0.2) is 18.6 Å². The molecule has 0 aliphatic rings. The van der Waals surface area contributed by atoms with Gasteiger partial charge in [0.1, 0.15) is 5.82 Å². The molecule has 3 heteroatoms. The van der Waals surface area contributed by atoms with Crippen LogP contribution in [0.15, 0.2) is 42.5 Å². The first-order valence-electron chi connectivity index (χ1n) is 7.12. The van der Waals surface area contributed by atoms with E-state index in [9.17, 15) is 0 Å². The quantitative estimate of drug-likeness (QED) is 0.873. The van der Waals surface area contributed by atoms with Crippen molar-refractivity contribution in [3.63, 3.8) is 0 Å². The van der Waals surface area contributed by atoms with Gasteiger partial charge in [0, 0.05) is 25.8 Å². The molecule has 0 unspecified atom stereocenters. The number of aromatic nitrogens is 1. The Morgan fingerprint density at radius 2 is 1.85 bits per heavy atom. The maximum absolute atomic E-state index is 4.64. The lowest BCUT2D eigenvalue weighted by Crippen LogP contribution is -2.19. The number of benzene rings is 1. The molecule has 1 aromatic carbocycles. The molecule has 0 radical (unpaired) electrons. The highest BCUT2D eigenvalue weighted by Gasteiger charge is 2.06. The standard InChI is InChI=1S/C17H23N3/c1-4-18-12-16-10-14(2)19-17(11-16)20(3)13-15-8-6-5-7-9-15/h5-11,18H,4,12-13H2,1-3H3. The van der Waals surface area contributed by atoms with Crippen LogP contribution in [-0.2, 0) is 13.1 Å². The molecule has 2 aromatic rings. The Kier molecular flexibility index (Phi) is 5.13. The van der Waals surface area contributed by atoms with E-state index in [0.717, 1.165) is 31.1 Å². The van der Waals surface area contributed by atoms with E-state index in [1.165, 1.54) is 11.1 Å². The molecule has 0 saturated carbocycles. The van der Waals surface area contributed by atoms with Crippen molar-refractivity contribution in [2.24, 2.45) is 0 Å². The monoisotopic (exact) mass is 269 g/mol. The molecule has 0 spiro atoms. The van der Waals surface area contributed by atoms with Crippen LogP contribution in [0.25, 0.3) is 0 Å². The Labute approximate surface area is 121 Å². The van der Waals surface area contributed by atoms with Crippen LogP contribution in [0.1, 0.15) is 23.7 Å². The third kappa shape index (κ3) is 4.07. The number of pyridine rings is 1. The van der Waals surface area contributed by atoms with E-state index in [1.54, 1.807) is 0 Å². The predicted molar refractivity (Wildman–Crippen MR) is 84.9 cm³/mol. The number of rotatable bonds is 6. The third-order valence-electron chi connectivity index (χ3n) is 3.23. The number of nitrogens with zero attached hydrogens (tertiary/aromatic N) is 2. The molecule has 0 aliphatic carbocycles. The van der Waals surface area contributed by atoms with Crippen LogP contribution in [0.4, 0.5) is 5.82 Å². The van der Waals surface area contributed by atoms with E-state index in [0.29, 0.717) is 0 Å². The van der Waals surface area contributed by atoms with Gasteiger partial charge in [-0.2, -0.15) is 0 Å². The normalized spacial score (nSPS) is 10.6. The van der Waals surface area contributed by atoms with Gasteiger partial charge in [0.25, 0.3) is 0 Å². The summed E-state index contributed by atoms with van der Waals surface area (Å²) in [6, 6.07) is 14.8. The van der Waals surface area contributed by atoms with Crippen molar-refractivity contribution in [3.8, 4) is 0 Å². The lowest BCUT2D eigenvalue weighted by Gasteiger charge is -2.20. The van der Waals surface area contributed by atoms with Gasteiger partial charge in [-0.15, -0.1) is 0 Å². The van der Waals surface area contributed by atoms with Gasteiger partial charge in [-0.25, -0.2) is 4.98 Å². The average molecular weight is 269 g/mol. The first kappa shape index (κ1) is 14.5. The molecule has 0 fully saturated rings. The number of anilines is 1. The zero-order valence-corrected chi connectivity index (χ0v) is 12.6. The fraction of sp³-hybridized carbons (Fsp3) is 0.353. The van der Waals surface area contributed by atoms with Crippen molar-refractivity contribution < 1.29 is 0 Å². The van der Waals surface area contributed by atoms with Gasteiger partial charge in [0.2, 0.25) is 0 Å². The number of hydrogen-bond acceptors (Lipinski definition) is 3. The van der Waals surface area contributed by atoms with Crippen LogP contribution in [0, 0.1) is 6.92 Å². The molecule has 2 rings (SSSR count). The topological polar surface area (TPSA) is 28.2 Å².